The maximum absolute atomic E-state index is 11.8. The first-order valence-electron chi connectivity index (χ1n) is 5.97. The van der Waals surface area contributed by atoms with Gasteiger partial charge in [-0.05, 0) is 0 Å². The minimum atomic E-state index is -2.30. The standard InChI is InChI=1S/C10H12N3O6P/c1-5-8(13-3-2-7(14)12-9(13)15)18-6-4-17-20(16)19-10(5,6)11/h2-3,5-6,8H,4,11H2,1H3/p+1/t5-,6?,8?,10+/m1/s1. The van der Waals surface area contributed by atoms with Crippen LogP contribution in [0.4, 0.5) is 0 Å². The number of rotatable bonds is 1. The Balaban J connectivity index is 1.99. The first kappa shape index (κ1) is 13.6. The van der Waals surface area contributed by atoms with Gasteiger partial charge in [-0.15, -0.1) is 4.52 Å². The Morgan fingerprint density at radius 2 is 2.30 bits per heavy atom. The van der Waals surface area contributed by atoms with Crippen LogP contribution in [-0.2, 0) is 18.3 Å². The van der Waals surface area contributed by atoms with Gasteiger partial charge in [0.15, 0.2) is 0 Å². The molecule has 20 heavy (non-hydrogen) atoms. The number of hydrogen-bond donors (Lipinski definition) is 2. The quantitative estimate of drug-likeness (QED) is 0.665. The Kier molecular flexibility index (Phi) is 3.11. The van der Waals surface area contributed by atoms with Crippen molar-refractivity contribution in [1.82, 2.24) is 9.55 Å². The van der Waals surface area contributed by atoms with E-state index in [4.69, 9.17) is 19.5 Å². The lowest BCUT2D eigenvalue weighted by Crippen LogP contribution is -2.56. The van der Waals surface area contributed by atoms with E-state index in [9.17, 15) is 14.2 Å². The van der Waals surface area contributed by atoms with Gasteiger partial charge in [0.05, 0.1) is 5.92 Å². The molecule has 3 unspecified atom stereocenters. The summed E-state index contributed by atoms with van der Waals surface area (Å²) in [5, 5.41) is 0. The molecule has 1 aromatic rings. The fourth-order valence-corrected chi connectivity index (χ4v) is 3.29. The molecule has 3 rings (SSSR count). The highest BCUT2D eigenvalue weighted by molar-refractivity contribution is 7.33. The Hall–Kier alpha value is -1.38. The third-order valence-electron chi connectivity index (χ3n) is 3.64. The summed E-state index contributed by atoms with van der Waals surface area (Å²) < 4.78 is 28.3. The van der Waals surface area contributed by atoms with Crippen LogP contribution in [0.5, 0.6) is 0 Å². The smallest absolute Gasteiger partial charge is 0.347 e. The van der Waals surface area contributed by atoms with Gasteiger partial charge < -0.3 is 4.74 Å². The van der Waals surface area contributed by atoms with Gasteiger partial charge in [-0.1, -0.05) is 11.4 Å². The molecule has 10 heteroatoms. The minimum Gasteiger partial charge on any atom is -0.347 e. The largest absolute Gasteiger partial charge is 0.699 e. The molecule has 0 bridgehead atoms. The predicted octanol–water partition coefficient (Wildman–Crippen LogP) is -0.571. The number of nitrogens with one attached hydrogen (secondary N) is 1. The van der Waals surface area contributed by atoms with Crippen LogP contribution in [0.3, 0.4) is 0 Å². The fraction of sp³-hybridized carbons (Fsp3) is 0.600. The second kappa shape index (κ2) is 4.57. The van der Waals surface area contributed by atoms with E-state index in [1.165, 1.54) is 16.8 Å². The molecule has 3 heterocycles. The van der Waals surface area contributed by atoms with E-state index < -0.39 is 43.5 Å². The number of aromatic nitrogens is 2. The summed E-state index contributed by atoms with van der Waals surface area (Å²) in [5.74, 6) is -0.459. The lowest BCUT2D eigenvalue weighted by molar-refractivity contribution is -0.0921. The maximum atomic E-state index is 11.8. The molecule has 0 radical (unpaired) electrons. The topological polar surface area (TPSA) is 126 Å². The summed E-state index contributed by atoms with van der Waals surface area (Å²) in [7, 11) is -2.30. The van der Waals surface area contributed by atoms with Gasteiger partial charge in [0.2, 0.25) is 5.72 Å². The SMILES string of the molecule is C[C@@H]1C(n2ccc(=O)[nH]c2=O)OC2CO[P+](=O)O[C@]21N. The van der Waals surface area contributed by atoms with Crippen LogP contribution >= 0.6 is 8.25 Å². The van der Waals surface area contributed by atoms with E-state index in [2.05, 4.69) is 4.98 Å². The Morgan fingerprint density at radius 3 is 3.00 bits per heavy atom. The van der Waals surface area contributed by atoms with Crippen molar-refractivity contribution in [2.24, 2.45) is 11.7 Å². The summed E-state index contributed by atoms with van der Waals surface area (Å²) in [4.78, 5) is 25.0. The van der Waals surface area contributed by atoms with Gasteiger partial charge >= 0.3 is 13.9 Å². The number of nitrogens with zero attached hydrogens (tertiary/aromatic N) is 1. The molecule has 0 aromatic carbocycles. The monoisotopic (exact) mass is 302 g/mol. The van der Waals surface area contributed by atoms with Crippen molar-refractivity contribution in [3.05, 3.63) is 33.1 Å². The molecule has 0 aliphatic carbocycles. The molecule has 9 nitrogen and oxygen atoms in total. The maximum Gasteiger partial charge on any atom is 0.699 e. The van der Waals surface area contributed by atoms with E-state index in [1.54, 1.807) is 6.92 Å². The number of ether oxygens (including phenoxy) is 1. The van der Waals surface area contributed by atoms with Crippen molar-refractivity contribution in [2.75, 3.05) is 6.61 Å². The Morgan fingerprint density at radius 1 is 1.55 bits per heavy atom. The summed E-state index contributed by atoms with van der Waals surface area (Å²) in [6.45, 7) is 1.74. The van der Waals surface area contributed by atoms with Crippen molar-refractivity contribution < 1.29 is 18.3 Å². The Labute approximate surface area is 113 Å². The summed E-state index contributed by atoms with van der Waals surface area (Å²) in [5.41, 5.74) is 3.70. The molecular formula is C10H13N3O6P+. The third-order valence-corrected chi connectivity index (χ3v) is 4.46. The van der Waals surface area contributed by atoms with Crippen molar-refractivity contribution in [1.29, 1.82) is 0 Å². The number of nitrogens with two attached hydrogens (primary N) is 1. The lowest BCUT2D eigenvalue weighted by atomic mass is 9.95. The molecule has 2 aliphatic rings. The summed E-state index contributed by atoms with van der Waals surface area (Å²) in [6.07, 6.45) is -0.0577. The summed E-state index contributed by atoms with van der Waals surface area (Å²) in [6, 6.07) is 1.21. The van der Waals surface area contributed by atoms with Crippen molar-refractivity contribution in [3.8, 4) is 0 Å². The second-order valence-corrected chi connectivity index (χ2v) is 5.67. The Bertz CT molecular complexity index is 671. The van der Waals surface area contributed by atoms with Crippen LogP contribution in [0.25, 0.3) is 0 Å². The normalized spacial score (nSPS) is 38.7. The van der Waals surface area contributed by atoms with Crippen LogP contribution in [0, 0.1) is 5.92 Å². The van der Waals surface area contributed by atoms with Crippen LogP contribution in [0.2, 0.25) is 0 Å². The van der Waals surface area contributed by atoms with Crippen molar-refractivity contribution in [3.63, 3.8) is 0 Å². The number of fused-ring (bicyclic) bond motifs is 1. The average Bonchev–Trinajstić information content (AvgIpc) is 2.62. The zero-order chi connectivity index (χ0) is 14.5. The third kappa shape index (κ3) is 1.95. The highest BCUT2D eigenvalue weighted by Gasteiger charge is 2.63. The minimum absolute atomic E-state index is 0.0185. The highest BCUT2D eigenvalue weighted by Crippen LogP contribution is 2.49. The molecule has 0 saturated carbocycles. The first-order chi connectivity index (χ1) is 9.41. The van der Waals surface area contributed by atoms with Gasteiger partial charge in [-0.3, -0.25) is 20.1 Å². The predicted molar refractivity (Wildman–Crippen MR) is 66.0 cm³/mol. The molecule has 2 aliphatic heterocycles. The zero-order valence-corrected chi connectivity index (χ0v) is 11.4. The molecule has 2 fully saturated rings. The van der Waals surface area contributed by atoms with Crippen LogP contribution in [-0.4, -0.2) is 28.0 Å². The van der Waals surface area contributed by atoms with E-state index in [1.807, 2.05) is 0 Å². The van der Waals surface area contributed by atoms with Gasteiger partial charge in [-0.25, -0.2) is 4.79 Å². The van der Waals surface area contributed by atoms with E-state index in [0.717, 1.165) is 0 Å². The molecule has 108 valence electrons. The van der Waals surface area contributed by atoms with E-state index in [0.29, 0.717) is 0 Å². The summed E-state index contributed by atoms with van der Waals surface area (Å²) >= 11 is 0. The van der Waals surface area contributed by atoms with Crippen LogP contribution in [0.15, 0.2) is 21.9 Å². The zero-order valence-electron chi connectivity index (χ0n) is 10.5. The highest BCUT2D eigenvalue weighted by atomic mass is 31.1. The molecular weight excluding hydrogens is 289 g/mol. The molecule has 0 amide bonds. The van der Waals surface area contributed by atoms with Gasteiger partial charge in [0, 0.05) is 16.8 Å². The lowest BCUT2D eigenvalue weighted by Gasteiger charge is -2.28. The van der Waals surface area contributed by atoms with E-state index >= 15 is 0 Å². The van der Waals surface area contributed by atoms with Gasteiger partial charge in [-0.2, -0.15) is 0 Å². The molecule has 2 saturated heterocycles. The molecule has 3 N–H and O–H groups in total. The number of hydrogen-bond acceptors (Lipinski definition) is 7. The van der Waals surface area contributed by atoms with Gasteiger partial charge in [0.1, 0.15) is 18.9 Å². The molecule has 5 atom stereocenters. The number of aromatic amines is 1. The first-order valence-corrected chi connectivity index (χ1v) is 7.06. The average molecular weight is 302 g/mol. The molecule has 1 aromatic heterocycles. The van der Waals surface area contributed by atoms with Crippen molar-refractivity contribution >= 4 is 8.25 Å². The number of H-pyrrole nitrogens is 1. The van der Waals surface area contributed by atoms with Crippen molar-refractivity contribution in [2.45, 2.75) is 25.0 Å². The second-order valence-electron chi connectivity index (χ2n) is 4.79. The van der Waals surface area contributed by atoms with Crippen LogP contribution in [0.1, 0.15) is 13.2 Å². The molecule has 0 spiro atoms. The van der Waals surface area contributed by atoms with E-state index in [-0.39, 0.29) is 6.61 Å². The van der Waals surface area contributed by atoms with Crippen LogP contribution < -0.4 is 17.0 Å². The fourth-order valence-electron chi connectivity index (χ4n) is 2.44. The van der Waals surface area contributed by atoms with Gasteiger partial charge in [0.25, 0.3) is 5.56 Å².